The maximum atomic E-state index is 13.9. The molecule has 0 spiro atoms. The molecule has 0 aromatic heterocycles. The summed E-state index contributed by atoms with van der Waals surface area (Å²) >= 11 is 0. The monoisotopic (exact) mass is 646 g/mol. The van der Waals surface area contributed by atoms with Crippen molar-refractivity contribution in [2.45, 2.75) is 36.1 Å². The molecule has 1 aliphatic rings. The molecule has 1 saturated heterocycles. The van der Waals surface area contributed by atoms with Gasteiger partial charge in [-0.15, -0.1) is 12.4 Å². The molecule has 1 fully saturated rings. The molecule has 3 aromatic rings. The number of rotatable bonds is 7. The van der Waals surface area contributed by atoms with Crippen LogP contribution in [0.3, 0.4) is 0 Å². The molecule has 0 unspecified atom stereocenters. The first-order valence-corrected chi connectivity index (χ1v) is 17.1. The minimum absolute atomic E-state index is 0. The van der Waals surface area contributed by atoms with Gasteiger partial charge >= 0.3 is 0 Å². The van der Waals surface area contributed by atoms with Crippen molar-refractivity contribution in [3.05, 3.63) is 102 Å². The van der Waals surface area contributed by atoms with Gasteiger partial charge in [-0.1, -0.05) is 60.7 Å². The summed E-state index contributed by atoms with van der Waals surface area (Å²) in [6.45, 7) is 8.81. The number of halogens is 1. The Morgan fingerprint density at radius 1 is 0.721 bits per heavy atom. The SMILES string of the molecule is C=C1CN(S(=O)(=O)c2ccc(C)cc2)CCCN(Cc2ccccc2)CCCN(S(=O)(=O)c2cccc(N(C)C)c2)C1.Cl. The Bertz CT molecular complexity index is 1560. The normalized spacial score (nSPS) is 17.0. The van der Waals surface area contributed by atoms with Gasteiger partial charge in [-0.05, 0) is 74.3 Å². The molecule has 0 atom stereocenters. The van der Waals surface area contributed by atoms with E-state index in [0.29, 0.717) is 51.1 Å². The molecule has 0 N–H and O–H groups in total. The lowest BCUT2D eigenvalue weighted by molar-refractivity contribution is 0.238. The summed E-state index contributed by atoms with van der Waals surface area (Å²) in [5.41, 5.74) is 3.45. The predicted molar refractivity (Wildman–Crippen MR) is 177 cm³/mol. The largest absolute Gasteiger partial charge is 0.378 e. The van der Waals surface area contributed by atoms with E-state index in [2.05, 4.69) is 23.6 Å². The van der Waals surface area contributed by atoms with E-state index in [1.165, 1.54) is 8.61 Å². The van der Waals surface area contributed by atoms with Crippen LogP contribution in [0.1, 0.15) is 24.0 Å². The van der Waals surface area contributed by atoms with E-state index in [9.17, 15) is 16.8 Å². The zero-order valence-electron chi connectivity index (χ0n) is 25.2. The molecule has 1 aliphatic heterocycles. The summed E-state index contributed by atoms with van der Waals surface area (Å²) in [5, 5.41) is 0. The third-order valence-electron chi connectivity index (χ3n) is 7.44. The molecule has 11 heteroatoms. The van der Waals surface area contributed by atoms with Gasteiger partial charge in [0.25, 0.3) is 0 Å². The van der Waals surface area contributed by atoms with Crippen molar-refractivity contribution in [1.82, 2.24) is 13.5 Å². The number of hydrogen-bond donors (Lipinski definition) is 0. The van der Waals surface area contributed by atoms with Crippen LogP contribution in [0.5, 0.6) is 0 Å². The van der Waals surface area contributed by atoms with Crippen LogP contribution in [0.2, 0.25) is 0 Å². The molecular weight excluding hydrogens is 604 g/mol. The predicted octanol–water partition coefficient (Wildman–Crippen LogP) is 5.02. The van der Waals surface area contributed by atoms with Crippen LogP contribution >= 0.6 is 12.4 Å². The highest BCUT2D eigenvalue weighted by molar-refractivity contribution is 7.89. The Morgan fingerprint density at radius 3 is 1.84 bits per heavy atom. The van der Waals surface area contributed by atoms with Crippen LogP contribution in [0.4, 0.5) is 5.69 Å². The van der Waals surface area contributed by atoms with Crippen LogP contribution in [0.25, 0.3) is 0 Å². The Labute approximate surface area is 264 Å². The van der Waals surface area contributed by atoms with Gasteiger partial charge in [0.05, 0.1) is 9.79 Å². The van der Waals surface area contributed by atoms with Crippen molar-refractivity contribution in [1.29, 1.82) is 0 Å². The Morgan fingerprint density at radius 2 is 1.28 bits per heavy atom. The first-order chi connectivity index (χ1) is 20.0. The third-order valence-corrected chi connectivity index (χ3v) is 11.1. The van der Waals surface area contributed by atoms with Gasteiger partial charge in [0.2, 0.25) is 20.0 Å². The first kappa shape index (κ1) is 34.8. The number of anilines is 1. The van der Waals surface area contributed by atoms with Gasteiger partial charge in [0, 0.05) is 52.5 Å². The molecule has 8 nitrogen and oxygen atoms in total. The molecule has 0 aliphatic carbocycles. The van der Waals surface area contributed by atoms with E-state index >= 15 is 0 Å². The summed E-state index contributed by atoms with van der Waals surface area (Å²) in [7, 11) is -3.94. The van der Waals surface area contributed by atoms with Crippen LogP contribution < -0.4 is 4.90 Å². The lowest BCUT2D eigenvalue weighted by Gasteiger charge is -2.30. The second kappa shape index (κ2) is 15.3. The molecule has 4 rings (SSSR count). The highest BCUT2D eigenvalue weighted by Gasteiger charge is 2.29. The summed E-state index contributed by atoms with van der Waals surface area (Å²) in [4.78, 5) is 4.57. The molecule has 234 valence electrons. The highest BCUT2D eigenvalue weighted by Crippen LogP contribution is 2.24. The van der Waals surface area contributed by atoms with Gasteiger partial charge in [-0.2, -0.15) is 8.61 Å². The van der Waals surface area contributed by atoms with Gasteiger partial charge in [-0.3, -0.25) is 4.90 Å². The van der Waals surface area contributed by atoms with Crippen LogP contribution in [-0.4, -0.2) is 83.7 Å². The number of nitrogens with zero attached hydrogens (tertiary/aromatic N) is 4. The molecule has 0 amide bonds. The lowest BCUT2D eigenvalue weighted by Crippen LogP contribution is -2.41. The molecule has 0 saturated carbocycles. The van der Waals surface area contributed by atoms with Crippen molar-refractivity contribution >= 4 is 38.1 Å². The Kier molecular flexibility index (Phi) is 12.4. The summed E-state index contributed by atoms with van der Waals surface area (Å²) in [6.07, 6.45) is 1.28. The lowest BCUT2D eigenvalue weighted by atomic mass is 10.2. The Balaban J connectivity index is 0.00000506. The smallest absolute Gasteiger partial charge is 0.243 e. The maximum Gasteiger partial charge on any atom is 0.243 e. The standard InChI is InChI=1S/C32H42N4O4S2.ClH/c1-27-15-17-31(18-16-27)41(37,38)35-21-9-19-34(26-29-11-6-5-7-12-29)20-10-22-36(25-28(2)24-35)42(39,40)32-14-8-13-30(23-32)33(3)4;/h5-8,11-18,23H,2,9-10,19-22,24-26H2,1,3-4H3;1H. The van der Waals surface area contributed by atoms with Gasteiger partial charge in [0.15, 0.2) is 0 Å². The average molecular weight is 647 g/mol. The second-order valence-corrected chi connectivity index (χ2v) is 15.0. The molecular formula is C32H43ClN4O4S2. The topological polar surface area (TPSA) is 81.2 Å². The molecule has 0 bridgehead atoms. The maximum absolute atomic E-state index is 13.9. The number of sulfonamides is 2. The summed E-state index contributed by atoms with van der Waals surface area (Å²) in [6, 6.07) is 23.8. The highest BCUT2D eigenvalue weighted by atomic mass is 35.5. The molecule has 0 radical (unpaired) electrons. The van der Waals surface area contributed by atoms with Crippen molar-refractivity contribution in [2.24, 2.45) is 0 Å². The zero-order valence-corrected chi connectivity index (χ0v) is 27.7. The molecule has 3 aromatic carbocycles. The van der Waals surface area contributed by atoms with E-state index in [4.69, 9.17) is 0 Å². The number of hydrogen-bond acceptors (Lipinski definition) is 6. The fourth-order valence-corrected chi connectivity index (χ4v) is 8.14. The summed E-state index contributed by atoms with van der Waals surface area (Å²) in [5.74, 6) is 0. The quantitative estimate of drug-likeness (QED) is 0.336. The molecule has 43 heavy (non-hydrogen) atoms. The van der Waals surface area contributed by atoms with Crippen LogP contribution in [0.15, 0.2) is 101 Å². The Hall–Kier alpha value is -2.73. The number of aryl methyl sites for hydroxylation is 1. The third kappa shape index (κ3) is 9.14. The van der Waals surface area contributed by atoms with E-state index in [0.717, 1.165) is 16.8 Å². The van der Waals surface area contributed by atoms with Gasteiger partial charge < -0.3 is 4.90 Å². The number of benzene rings is 3. The van der Waals surface area contributed by atoms with E-state index in [1.54, 1.807) is 42.5 Å². The minimum Gasteiger partial charge on any atom is -0.378 e. The van der Waals surface area contributed by atoms with E-state index in [1.807, 2.05) is 50.2 Å². The van der Waals surface area contributed by atoms with Gasteiger partial charge in [0.1, 0.15) is 0 Å². The average Bonchev–Trinajstić information content (AvgIpc) is 2.96. The molecule has 1 heterocycles. The zero-order chi connectivity index (χ0) is 30.3. The van der Waals surface area contributed by atoms with Crippen molar-refractivity contribution in [3.63, 3.8) is 0 Å². The minimum atomic E-state index is -3.87. The van der Waals surface area contributed by atoms with Crippen molar-refractivity contribution < 1.29 is 16.8 Å². The van der Waals surface area contributed by atoms with Crippen molar-refractivity contribution in [2.75, 3.05) is 58.3 Å². The first-order valence-electron chi connectivity index (χ1n) is 14.2. The van der Waals surface area contributed by atoms with Gasteiger partial charge in [-0.25, -0.2) is 16.8 Å². The fourth-order valence-electron chi connectivity index (χ4n) is 5.10. The van der Waals surface area contributed by atoms with Crippen LogP contribution in [0, 0.1) is 6.92 Å². The van der Waals surface area contributed by atoms with E-state index < -0.39 is 20.0 Å². The summed E-state index contributed by atoms with van der Waals surface area (Å²) < 4.78 is 58.3. The van der Waals surface area contributed by atoms with Crippen molar-refractivity contribution in [3.8, 4) is 0 Å². The second-order valence-electron chi connectivity index (χ2n) is 11.1. The fraction of sp³-hybridized carbons (Fsp3) is 0.375. The van der Waals surface area contributed by atoms with E-state index in [-0.39, 0.29) is 35.3 Å². The van der Waals surface area contributed by atoms with Crippen LogP contribution in [-0.2, 0) is 26.6 Å².